The Balaban J connectivity index is 3.02. The van der Waals surface area contributed by atoms with E-state index in [2.05, 4.69) is 26.0 Å². The molecule has 1 aromatic carbocycles. The highest BCUT2D eigenvalue weighted by molar-refractivity contribution is 5.59. The number of aliphatic hydroxyl groups excluding tert-OH is 1. The average Bonchev–Trinajstić information content (AvgIpc) is 2.35. The maximum atomic E-state index is 9.00. The van der Waals surface area contributed by atoms with E-state index in [-0.39, 0.29) is 12.5 Å². The molecule has 0 saturated heterocycles. The fraction of sp³-hybridized carbons (Fsp3) is 0.467. The zero-order valence-electron chi connectivity index (χ0n) is 11.1. The second-order valence-corrected chi connectivity index (χ2v) is 4.68. The molecular weight excluding hydrogens is 212 g/mol. The van der Waals surface area contributed by atoms with E-state index < -0.39 is 0 Å². The Morgan fingerprint density at radius 3 is 2.53 bits per heavy atom. The van der Waals surface area contributed by atoms with Crippen LogP contribution >= 0.6 is 0 Å². The molecule has 2 nitrogen and oxygen atoms in total. The van der Waals surface area contributed by atoms with E-state index >= 15 is 0 Å². The fourth-order valence-electron chi connectivity index (χ4n) is 1.57. The van der Waals surface area contributed by atoms with Crippen LogP contribution in [0, 0.1) is 5.92 Å². The first-order valence-electron chi connectivity index (χ1n) is 6.05. The highest BCUT2D eigenvalue weighted by Crippen LogP contribution is 2.25. The SMILES string of the molecule is COc1ccc(C(C)C)cc1/C=C/[C@H](C)CO. The number of benzene rings is 1. The van der Waals surface area contributed by atoms with Crippen molar-refractivity contribution in [3.05, 3.63) is 35.4 Å². The molecule has 0 amide bonds. The molecule has 0 saturated carbocycles. The van der Waals surface area contributed by atoms with Gasteiger partial charge in [0.25, 0.3) is 0 Å². The molecule has 2 heteroatoms. The first-order valence-corrected chi connectivity index (χ1v) is 6.05. The minimum atomic E-state index is 0.169. The first-order chi connectivity index (χ1) is 8.08. The van der Waals surface area contributed by atoms with E-state index in [1.165, 1.54) is 5.56 Å². The molecule has 0 bridgehead atoms. The third-order valence-corrected chi connectivity index (χ3v) is 2.81. The summed E-state index contributed by atoms with van der Waals surface area (Å²) in [6.45, 7) is 6.50. The average molecular weight is 234 g/mol. The Kier molecular flexibility index (Phi) is 5.23. The smallest absolute Gasteiger partial charge is 0.126 e. The van der Waals surface area contributed by atoms with Crippen molar-refractivity contribution in [2.24, 2.45) is 5.92 Å². The molecule has 0 fully saturated rings. The molecule has 0 aromatic heterocycles. The molecule has 0 aliphatic rings. The van der Waals surface area contributed by atoms with Gasteiger partial charge in [0.1, 0.15) is 5.75 Å². The van der Waals surface area contributed by atoms with E-state index in [4.69, 9.17) is 9.84 Å². The van der Waals surface area contributed by atoms with Crippen LogP contribution in [0.5, 0.6) is 5.75 Å². The molecule has 17 heavy (non-hydrogen) atoms. The summed E-state index contributed by atoms with van der Waals surface area (Å²) >= 11 is 0. The van der Waals surface area contributed by atoms with Gasteiger partial charge in [0.05, 0.1) is 7.11 Å². The number of ether oxygens (including phenoxy) is 1. The van der Waals surface area contributed by atoms with Gasteiger partial charge in [-0.25, -0.2) is 0 Å². The molecule has 0 aliphatic heterocycles. The number of hydrogen-bond donors (Lipinski definition) is 1. The molecule has 0 heterocycles. The molecule has 1 atom stereocenters. The van der Waals surface area contributed by atoms with Crippen LogP contribution in [0.4, 0.5) is 0 Å². The lowest BCUT2D eigenvalue weighted by molar-refractivity contribution is 0.262. The summed E-state index contributed by atoms with van der Waals surface area (Å²) in [5, 5.41) is 9.00. The van der Waals surface area contributed by atoms with Crippen LogP contribution in [0.2, 0.25) is 0 Å². The molecule has 1 N–H and O–H groups in total. The van der Waals surface area contributed by atoms with Crippen LogP contribution in [0.25, 0.3) is 6.08 Å². The summed E-state index contributed by atoms with van der Waals surface area (Å²) < 4.78 is 5.33. The van der Waals surface area contributed by atoms with Crippen LogP contribution in [-0.4, -0.2) is 18.8 Å². The third kappa shape index (κ3) is 3.90. The monoisotopic (exact) mass is 234 g/mol. The van der Waals surface area contributed by atoms with Gasteiger partial charge in [-0.15, -0.1) is 0 Å². The number of hydrogen-bond acceptors (Lipinski definition) is 2. The second-order valence-electron chi connectivity index (χ2n) is 4.68. The lowest BCUT2D eigenvalue weighted by Gasteiger charge is -2.10. The van der Waals surface area contributed by atoms with Crippen molar-refractivity contribution in [3.8, 4) is 5.75 Å². The zero-order valence-corrected chi connectivity index (χ0v) is 11.1. The normalized spacial score (nSPS) is 13.3. The highest BCUT2D eigenvalue weighted by atomic mass is 16.5. The van der Waals surface area contributed by atoms with Gasteiger partial charge in [0.2, 0.25) is 0 Å². The van der Waals surface area contributed by atoms with E-state index in [0.717, 1.165) is 11.3 Å². The summed E-state index contributed by atoms with van der Waals surface area (Å²) in [4.78, 5) is 0. The van der Waals surface area contributed by atoms with E-state index in [1.807, 2.05) is 25.1 Å². The van der Waals surface area contributed by atoms with Crippen molar-refractivity contribution in [2.45, 2.75) is 26.7 Å². The lowest BCUT2D eigenvalue weighted by Crippen LogP contribution is -1.96. The Morgan fingerprint density at radius 1 is 1.29 bits per heavy atom. The van der Waals surface area contributed by atoms with Crippen LogP contribution < -0.4 is 4.74 Å². The predicted octanol–water partition coefficient (Wildman–Crippen LogP) is 3.46. The molecule has 0 unspecified atom stereocenters. The van der Waals surface area contributed by atoms with E-state index in [1.54, 1.807) is 7.11 Å². The van der Waals surface area contributed by atoms with Crippen molar-refractivity contribution >= 4 is 6.08 Å². The predicted molar refractivity (Wildman–Crippen MR) is 72.4 cm³/mol. The molecular formula is C15H22O2. The number of aliphatic hydroxyl groups is 1. The second kappa shape index (κ2) is 6.45. The Hall–Kier alpha value is -1.28. The van der Waals surface area contributed by atoms with Gasteiger partial charge in [-0.2, -0.15) is 0 Å². The first kappa shape index (κ1) is 13.8. The summed E-state index contributed by atoms with van der Waals surface area (Å²) in [5.74, 6) is 1.54. The van der Waals surface area contributed by atoms with Crippen molar-refractivity contribution < 1.29 is 9.84 Å². The summed E-state index contributed by atoms with van der Waals surface area (Å²) in [5.41, 5.74) is 2.36. The van der Waals surface area contributed by atoms with Gasteiger partial charge in [-0.3, -0.25) is 0 Å². The van der Waals surface area contributed by atoms with E-state index in [9.17, 15) is 0 Å². The zero-order chi connectivity index (χ0) is 12.8. The molecule has 1 aromatic rings. The van der Waals surface area contributed by atoms with Gasteiger partial charge in [0, 0.05) is 12.2 Å². The van der Waals surface area contributed by atoms with Crippen LogP contribution in [0.1, 0.15) is 37.8 Å². The Bertz CT molecular complexity index is 381. The topological polar surface area (TPSA) is 29.5 Å². The maximum Gasteiger partial charge on any atom is 0.126 e. The number of methoxy groups -OCH3 is 1. The van der Waals surface area contributed by atoms with Crippen LogP contribution in [0.15, 0.2) is 24.3 Å². The molecule has 0 aliphatic carbocycles. The van der Waals surface area contributed by atoms with E-state index in [0.29, 0.717) is 5.92 Å². The van der Waals surface area contributed by atoms with Crippen molar-refractivity contribution in [1.82, 2.24) is 0 Å². The Morgan fingerprint density at radius 2 is 2.00 bits per heavy atom. The van der Waals surface area contributed by atoms with Crippen LogP contribution in [0.3, 0.4) is 0 Å². The van der Waals surface area contributed by atoms with Gasteiger partial charge >= 0.3 is 0 Å². The number of rotatable bonds is 5. The minimum Gasteiger partial charge on any atom is -0.496 e. The minimum absolute atomic E-state index is 0.169. The van der Waals surface area contributed by atoms with Crippen molar-refractivity contribution in [3.63, 3.8) is 0 Å². The van der Waals surface area contributed by atoms with Gasteiger partial charge in [-0.1, -0.05) is 39.0 Å². The molecule has 1 rings (SSSR count). The molecule has 0 radical (unpaired) electrons. The van der Waals surface area contributed by atoms with Crippen molar-refractivity contribution in [1.29, 1.82) is 0 Å². The quantitative estimate of drug-likeness (QED) is 0.845. The summed E-state index contributed by atoms with van der Waals surface area (Å²) in [6.07, 6.45) is 4.02. The largest absolute Gasteiger partial charge is 0.496 e. The fourth-order valence-corrected chi connectivity index (χ4v) is 1.57. The molecule has 0 spiro atoms. The van der Waals surface area contributed by atoms with Crippen LogP contribution in [-0.2, 0) is 0 Å². The Labute approximate surface area is 104 Å². The summed E-state index contributed by atoms with van der Waals surface area (Å²) in [6, 6.07) is 6.24. The van der Waals surface area contributed by atoms with Gasteiger partial charge < -0.3 is 9.84 Å². The van der Waals surface area contributed by atoms with Crippen molar-refractivity contribution in [2.75, 3.05) is 13.7 Å². The lowest BCUT2D eigenvalue weighted by atomic mass is 9.99. The van der Waals surface area contributed by atoms with Gasteiger partial charge in [-0.05, 0) is 29.5 Å². The standard InChI is InChI=1S/C15H22O2/c1-11(2)13-7-8-15(17-4)14(9-13)6-5-12(3)10-16/h5-9,11-12,16H,10H2,1-4H3/b6-5+/t12-/m0/s1. The summed E-state index contributed by atoms with van der Waals surface area (Å²) in [7, 11) is 1.68. The maximum absolute atomic E-state index is 9.00. The van der Waals surface area contributed by atoms with Gasteiger partial charge in [0.15, 0.2) is 0 Å². The highest BCUT2D eigenvalue weighted by Gasteiger charge is 2.05. The molecule has 94 valence electrons. The third-order valence-electron chi connectivity index (χ3n) is 2.81.